The Morgan fingerprint density at radius 3 is 3.00 bits per heavy atom. The molecule has 1 atom stereocenters. The molecular weight excluding hydrogens is 240 g/mol. The number of ether oxygens (including phenoxy) is 1. The first-order valence-corrected chi connectivity index (χ1v) is 6.96. The molecule has 3 rings (SSSR count). The Balaban J connectivity index is 1.80. The molecule has 0 saturated heterocycles. The number of anilines is 1. The van der Waals surface area contributed by atoms with Crippen LogP contribution in [0.1, 0.15) is 38.0 Å². The largest absolute Gasteiger partial charge is 0.440 e. The van der Waals surface area contributed by atoms with Crippen molar-refractivity contribution in [2.45, 2.75) is 38.1 Å². The number of nitrogens with zero attached hydrogens (tertiary/aromatic N) is 1. The van der Waals surface area contributed by atoms with Crippen LogP contribution in [-0.4, -0.2) is 24.7 Å². The lowest BCUT2D eigenvalue weighted by Crippen LogP contribution is -2.23. The number of methoxy groups -OCH3 is 1. The lowest BCUT2D eigenvalue weighted by molar-refractivity contribution is 0.184. The summed E-state index contributed by atoms with van der Waals surface area (Å²) < 4.78 is 11.0. The zero-order valence-electron chi connectivity index (χ0n) is 11.5. The van der Waals surface area contributed by atoms with Crippen LogP contribution in [0.5, 0.6) is 0 Å². The van der Waals surface area contributed by atoms with Crippen molar-refractivity contribution in [3.8, 4) is 0 Å². The van der Waals surface area contributed by atoms with Crippen molar-refractivity contribution in [1.29, 1.82) is 0 Å². The Morgan fingerprint density at radius 1 is 1.47 bits per heavy atom. The van der Waals surface area contributed by atoms with Gasteiger partial charge >= 0.3 is 0 Å². The lowest BCUT2D eigenvalue weighted by atomic mass is 10.2. The number of nitrogens with one attached hydrogen (secondary N) is 1. The summed E-state index contributed by atoms with van der Waals surface area (Å²) in [5.41, 5.74) is 2.90. The first-order chi connectivity index (χ1) is 9.30. The third kappa shape index (κ3) is 2.73. The van der Waals surface area contributed by atoms with E-state index < -0.39 is 0 Å². The summed E-state index contributed by atoms with van der Waals surface area (Å²) in [7, 11) is 1.73. The fourth-order valence-corrected chi connectivity index (χ4v) is 2.24. The summed E-state index contributed by atoms with van der Waals surface area (Å²) in [6.07, 6.45) is 3.45. The second kappa shape index (κ2) is 5.21. The van der Waals surface area contributed by atoms with Gasteiger partial charge in [-0.3, -0.25) is 0 Å². The quantitative estimate of drug-likeness (QED) is 0.863. The molecule has 1 aliphatic rings. The summed E-state index contributed by atoms with van der Waals surface area (Å²) in [5, 5.41) is 3.47. The van der Waals surface area contributed by atoms with E-state index in [4.69, 9.17) is 9.15 Å². The number of oxazole rings is 1. The van der Waals surface area contributed by atoms with E-state index in [1.807, 2.05) is 12.1 Å². The van der Waals surface area contributed by atoms with Gasteiger partial charge in [-0.15, -0.1) is 0 Å². The maximum atomic E-state index is 5.76. The predicted molar refractivity (Wildman–Crippen MR) is 75.6 cm³/mol. The van der Waals surface area contributed by atoms with E-state index in [2.05, 4.69) is 23.3 Å². The minimum Gasteiger partial charge on any atom is -0.440 e. The lowest BCUT2D eigenvalue weighted by Gasteiger charge is -2.16. The molecule has 4 heteroatoms. The van der Waals surface area contributed by atoms with Crippen LogP contribution in [0.4, 0.5) is 5.69 Å². The zero-order chi connectivity index (χ0) is 13.2. The topological polar surface area (TPSA) is 47.3 Å². The highest BCUT2D eigenvalue weighted by molar-refractivity contribution is 5.77. The monoisotopic (exact) mass is 260 g/mol. The van der Waals surface area contributed by atoms with E-state index in [0.29, 0.717) is 18.6 Å². The van der Waals surface area contributed by atoms with Crippen LogP contribution in [0.3, 0.4) is 0 Å². The first-order valence-electron chi connectivity index (χ1n) is 6.96. The van der Waals surface area contributed by atoms with Crippen molar-refractivity contribution in [2.75, 3.05) is 19.0 Å². The van der Waals surface area contributed by atoms with Gasteiger partial charge < -0.3 is 14.5 Å². The average molecular weight is 260 g/mol. The molecule has 2 aromatic rings. The molecular formula is C15H20N2O2. The van der Waals surface area contributed by atoms with E-state index in [1.54, 1.807) is 7.11 Å². The van der Waals surface area contributed by atoms with E-state index in [0.717, 1.165) is 29.1 Å². The van der Waals surface area contributed by atoms with Crippen LogP contribution >= 0.6 is 0 Å². The molecule has 0 spiro atoms. The normalized spacial score (nSPS) is 16.7. The van der Waals surface area contributed by atoms with E-state index >= 15 is 0 Å². The highest BCUT2D eigenvalue weighted by Gasteiger charge is 2.28. The Labute approximate surface area is 113 Å². The molecule has 0 amide bonds. The standard InChI is InChI=1S/C15H20N2O2/c1-3-11(9-18-2)16-12-6-7-14-13(8-12)17-15(19-14)10-4-5-10/h6-8,10-11,16H,3-5,9H2,1-2H3. The predicted octanol–water partition coefficient (Wildman–Crippen LogP) is 3.54. The minimum absolute atomic E-state index is 0.331. The van der Waals surface area contributed by atoms with Crippen molar-refractivity contribution in [3.63, 3.8) is 0 Å². The molecule has 0 aliphatic heterocycles. The number of hydrogen-bond donors (Lipinski definition) is 1. The molecule has 1 aromatic carbocycles. The van der Waals surface area contributed by atoms with Crippen LogP contribution in [0.2, 0.25) is 0 Å². The summed E-state index contributed by atoms with van der Waals surface area (Å²) in [6, 6.07) is 6.43. The summed E-state index contributed by atoms with van der Waals surface area (Å²) in [5.74, 6) is 1.46. The fraction of sp³-hybridized carbons (Fsp3) is 0.533. The van der Waals surface area contributed by atoms with Gasteiger partial charge in [0.2, 0.25) is 0 Å². The third-order valence-electron chi connectivity index (χ3n) is 3.56. The Hall–Kier alpha value is -1.55. The molecule has 1 unspecified atom stereocenters. The number of benzene rings is 1. The van der Waals surface area contributed by atoms with Crippen LogP contribution in [-0.2, 0) is 4.74 Å². The average Bonchev–Trinajstić information content (AvgIpc) is 3.18. The first kappa shape index (κ1) is 12.5. The maximum absolute atomic E-state index is 5.76. The third-order valence-corrected chi connectivity index (χ3v) is 3.56. The molecule has 1 aromatic heterocycles. The fourth-order valence-electron chi connectivity index (χ4n) is 2.24. The van der Waals surface area contributed by atoms with Gasteiger partial charge in [0.05, 0.1) is 6.61 Å². The summed E-state index contributed by atoms with van der Waals surface area (Å²) in [4.78, 5) is 4.58. The van der Waals surface area contributed by atoms with Gasteiger partial charge in [-0.25, -0.2) is 4.98 Å². The highest BCUT2D eigenvalue weighted by atomic mass is 16.5. The smallest absolute Gasteiger partial charge is 0.198 e. The van der Waals surface area contributed by atoms with Gasteiger partial charge in [0.15, 0.2) is 11.5 Å². The maximum Gasteiger partial charge on any atom is 0.198 e. The van der Waals surface area contributed by atoms with Crippen molar-refractivity contribution in [1.82, 2.24) is 4.98 Å². The molecule has 0 bridgehead atoms. The highest BCUT2D eigenvalue weighted by Crippen LogP contribution is 2.40. The second-order valence-corrected chi connectivity index (χ2v) is 5.21. The number of hydrogen-bond acceptors (Lipinski definition) is 4. The zero-order valence-corrected chi connectivity index (χ0v) is 11.5. The molecule has 1 heterocycles. The van der Waals surface area contributed by atoms with Gasteiger partial charge in [0.25, 0.3) is 0 Å². The minimum atomic E-state index is 0.331. The Morgan fingerprint density at radius 2 is 2.32 bits per heavy atom. The summed E-state index contributed by atoms with van der Waals surface area (Å²) in [6.45, 7) is 2.86. The molecule has 1 N–H and O–H groups in total. The number of fused-ring (bicyclic) bond motifs is 1. The van der Waals surface area contributed by atoms with Crippen LogP contribution in [0.25, 0.3) is 11.1 Å². The van der Waals surface area contributed by atoms with E-state index in [-0.39, 0.29) is 0 Å². The molecule has 1 saturated carbocycles. The van der Waals surface area contributed by atoms with Crippen LogP contribution < -0.4 is 5.32 Å². The van der Waals surface area contributed by atoms with E-state index in [9.17, 15) is 0 Å². The van der Waals surface area contributed by atoms with Crippen LogP contribution in [0.15, 0.2) is 22.6 Å². The summed E-state index contributed by atoms with van der Waals surface area (Å²) >= 11 is 0. The van der Waals surface area contributed by atoms with Crippen molar-refractivity contribution >= 4 is 16.8 Å². The Bertz CT molecular complexity index is 560. The van der Waals surface area contributed by atoms with Crippen LogP contribution in [0, 0.1) is 0 Å². The molecule has 4 nitrogen and oxygen atoms in total. The van der Waals surface area contributed by atoms with Crippen molar-refractivity contribution < 1.29 is 9.15 Å². The van der Waals surface area contributed by atoms with Gasteiger partial charge in [-0.2, -0.15) is 0 Å². The van der Waals surface area contributed by atoms with E-state index in [1.165, 1.54) is 12.8 Å². The number of aromatic nitrogens is 1. The van der Waals surface area contributed by atoms with Gasteiger partial charge in [-0.1, -0.05) is 6.92 Å². The molecule has 19 heavy (non-hydrogen) atoms. The SMILES string of the molecule is CCC(COC)Nc1ccc2oc(C3CC3)nc2c1. The molecule has 1 fully saturated rings. The molecule has 1 aliphatic carbocycles. The van der Waals surface area contributed by atoms with Crippen molar-refractivity contribution in [2.24, 2.45) is 0 Å². The van der Waals surface area contributed by atoms with Gasteiger partial charge in [-0.05, 0) is 37.5 Å². The second-order valence-electron chi connectivity index (χ2n) is 5.21. The number of rotatable bonds is 6. The Kier molecular flexibility index (Phi) is 3.42. The molecule has 102 valence electrons. The van der Waals surface area contributed by atoms with Gasteiger partial charge in [0, 0.05) is 24.8 Å². The molecule has 0 radical (unpaired) electrons. The van der Waals surface area contributed by atoms with Crippen molar-refractivity contribution in [3.05, 3.63) is 24.1 Å². The van der Waals surface area contributed by atoms with Gasteiger partial charge in [0.1, 0.15) is 5.52 Å².